The van der Waals surface area contributed by atoms with Crippen molar-refractivity contribution in [1.82, 2.24) is 19.5 Å². The van der Waals surface area contributed by atoms with Crippen molar-refractivity contribution in [2.75, 3.05) is 13.1 Å². The van der Waals surface area contributed by atoms with Crippen LogP contribution < -0.4 is 0 Å². The number of hydrogen-bond donors (Lipinski definition) is 0. The number of halogens is 3. The van der Waals surface area contributed by atoms with Crippen molar-refractivity contribution in [3.8, 4) is 0 Å². The average Bonchev–Trinajstić information content (AvgIpc) is 3.21. The van der Waals surface area contributed by atoms with E-state index in [0.29, 0.717) is 31.1 Å². The van der Waals surface area contributed by atoms with Gasteiger partial charge < -0.3 is 4.90 Å². The molecule has 0 spiro atoms. The number of amides is 1. The summed E-state index contributed by atoms with van der Waals surface area (Å²) < 4.78 is 42.2. The van der Waals surface area contributed by atoms with E-state index in [-0.39, 0.29) is 17.2 Å². The number of rotatable bonds is 3. The Kier molecular flexibility index (Phi) is 6.82. The van der Waals surface area contributed by atoms with Crippen molar-refractivity contribution in [2.45, 2.75) is 83.2 Å². The third-order valence-electron chi connectivity index (χ3n) is 6.61. The fourth-order valence-corrected chi connectivity index (χ4v) is 4.91. The second-order valence-corrected chi connectivity index (χ2v) is 9.05. The Bertz CT molecular complexity index is 892. The molecule has 3 heterocycles. The third kappa shape index (κ3) is 5.39. The fraction of sp³-hybridized carbons (Fsp3) is 0.696. The molecule has 2 fully saturated rings. The summed E-state index contributed by atoms with van der Waals surface area (Å²) in [6.07, 6.45) is 7.79. The van der Waals surface area contributed by atoms with Gasteiger partial charge in [-0.25, -0.2) is 9.50 Å². The van der Waals surface area contributed by atoms with Crippen LogP contribution in [0.2, 0.25) is 0 Å². The summed E-state index contributed by atoms with van der Waals surface area (Å²) in [5.41, 5.74) is -0.263. The summed E-state index contributed by atoms with van der Waals surface area (Å²) in [5.74, 6) is 0.0770. The van der Waals surface area contributed by atoms with Crippen LogP contribution in [-0.4, -0.2) is 38.5 Å². The Labute approximate surface area is 181 Å². The molecule has 0 aromatic carbocycles. The molecule has 1 saturated carbocycles. The van der Waals surface area contributed by atoms with E-state index in [1.54, 1.807) is 4.90 Å². The quantitative estimate of drug-likeness (QED) is 0.623. The minimum Gasteiger partial charge on any atom is -0.337 e. The highest BCUT2D eigenvalue weighted by Crippen LogP contribution is 2.32. The molecular formula is C23H31F3N4O. The van der Waals surface area contributed by atoms with Gasteiger partial charge in [0, 0.05) is 24.8 Å². The zero-order valence-electron chi connectivity index (χ0n) is 18.0. The molecule has 0 atom stereocenters. The lowest BCUT2D eigenvalue weighted by atomic mass is 9.86. The molecule has 5 nitrogen and oxygen atoms in total. The third-order valence-corrected chi connectivity index (χ3v) is 6.61. The van der Waals surface area contributed by atoms with Gasteiger partial charge in [0.05, 0.1) is 0 Å². The van der Waals surface area contributed by atoms with Gasteiger partial charge in [-0.3, -0.25) is 4.79 Å². The van der Waals surface area contributed by atoms with Gasteiger partial charge in [-0.2, -0.15) is 18.3 Å². The van der Waals surface area contributed by atoms with Crippen molar-refractivity contribution in [3.05, 3.63) is 29.2 Å². The zero-order valence-corrected chi connectivity index (χ0v) is 18.0. The summed E-state index contributed by atoms with van der Waals surface area (Å²) >= 11 is 0. The standard InChI is InChI=1S/C23H31F3N4O/c24-23(25,26)20-15-18(14-17-10-6-5-7-11-17)27-21-16-19(28-30(20)21)22(31)29-12-8-3-1-2-4-9-13-29/h15-17H,1-14H2. The molecule has 8 heteroatoms. The molecule has 0 unspecified atom stereocenters. The summed E-state index contributed by atoms with van der Waals surface area (Å²) in [4.78, 5) is 19.3. The topological polar surface area (TPSA) is 50.5 Å². The number of carbonyl (C=O) groups is 1. The second-order valence-electron chi connectivity index (χ2n) is 9.05. The highest BCUT2D eigenvalue weighted by Gasteiger charge is 2.36. The van der Waals surface area contributed by atoms with Crippen LogP contribution >= 0.6 is 0 Å². The van der Waals surface area contributed by atoms with Crippen LogP contribution in [-0.2, 0) is 12.6 Å². The van der Waals surface area contributed by atoms with Gasteiger partial charge >= 0.3 is 6.18 Å². The number of fused-ring (bicyclic) bond motifs is 1. The van der Waals surface area contributed by atoms with Crippen LogP contribution in [0.3, 0.4) is 0 Å². The minimum absolute atomic E-state index is 0.0482. The van der Waals surface area contributed by atoms with E-state index >= 15 is 0 Å². The van der Waals surface area contributed by atoms with E-state index in [2.05, 4.69) is 10.1 Å². The van der Waals surface area contributed by atoms with Gasteiger partial charge in [-0.15, -0.1) is 0 Å². The molecule has 31 heavy (non-hydrogen) atoms. The molecule has 4 rings (SSSR count). The summed E-state index contributed by atoms with van der Waals surface area (Å²) in [6, 6.07) is 2.54. The predicted molar refractivity (Wildman–Crippen MR) is 112 cm³/mol. The molecule has 170 valence electrons. The largest absolute Gasteiger partial charge is 0.433 e. The Hall–Kier alpha value is -2.12. The second kappa shape index (κ2) is 9.57. The maximum absolute atomic E-state index is 13.8. The van der Waals surface area contributed by atoms with Crippen molar-refractivity contribution in [3.63, 3.8) is 0 Å². The van der Waals surface area contributed by atoms with Gasteiger partial charge in [0.2, 0.25) is 0 Å². The first-order valence-corrected chi connectivity index (χ1v) is 11.7. The SMILES string of the molecule is O=C(c1cc2nc(CC3CCCCC3)cc(C(F)(F)F)n2n1)N1CCCCCCCC1. The van der Waals surface area contributed by atoms with Gasteiger partial charge in [0.15, 0.2) is 11.3 Å². The zero-order chi connectivity index (χ0) is 21.8. The fourth-order valence-electron chi connectivity index (χ4n) is 4.91. The average molecular weight is 437 g/mol. The van der Waals surface area contributed by atoms with Gasteiger partial charge in [-0.05, 0) is 31.2 Å². The van der Waals surface area contributed by atoms with E-state index in [9.17, 15) is 18.0 Å². The first-order chi connectivity index (χ1) is 14.9. The van der Waals surface area contributed by atoms with E-state index < -0.39 is 11.9 Å². The Morgan fingerprint density at radius 3 is 2.19 bits per heavy atom. The molecule has 1 aliphatic carbocycles. The van der Waals surface area contributed by atoms with Crippen LogP contribution in [0.15, 0.2) is 12.1 Å². The molecule has 2 aromatic rings. The van der Waals surface area contributed by atoms with Gasteiger partial charge in [0.25, 0.3) is 5.91 Å². The molecule has 1 amide bonds. The summed E-state index contributed by atoms with van der Waals surface area (Å²) in [5, 5.41) is 4.06. The van der Waals surface area contributed by atoms with E-state index in [4.69, 9.17) is 0 Å². The monoisotopic (exact) mass is 436 g/mol. The van der Waals surface area contributed by atoms with Crippen LogP contribution in [0.1, 0.15) is 92.5 Å². The van der Waals surface area contributed by atoms with Crippen molar-refractivity contribution in [2.24, 2.45) is 5.92 Å². The lowest BCUT2D eigenvalue weighted by Crippen LogP contribution is -2.33. The summed E-state index contributed by atoms with van der Waals surface area (Å²) in [7, 11) is 0. The molecule has 0 N–H and O–H groups in total. The van der Waals surface area contributed by atoms with E-state index in [1.165, 1.54) is 25.3 Å². The molecule has 0 bridgehead atoms. The highest BCUT2D eigenvalue weighted by molar-refractivity contribution is 5.93. The number of hydrogen-bond acceptors (Lipinski definition) is 3. The number of alkyl halides is 3. The van der Waals surface area contributed by atoms with Crippen LogP contribution in [0.4, 0.5) is 13.2 Å². The number of aromatic nitrogens is 3. The van der Waals surface area contributed by atoms with Crippen molar-refractivity contribution < 1.29 is 18.0 Å². The number of carbonyl (C=O) groups excluding carboxylic acids is 1. The van der Waals surface area contributed by atoms with Gasteiger partial charge in [0.1, 0.15) is 5.69 Å². The maximum atomic E-state index is 13.8. The van der Waals surface area contributed by atoms with E-state index in [1.807, 2.05) is 0 Å². The van der Waals surface area contributed by atoms with E-state index in [0.717, 1.165) is 61.9 Å². The first kappa shape index (κ1) is 22.1. The normalized spacial score (nSPS) is 19.8. The molecule has 1 aliphatic heterocycles. The van der Waals surface area contributed by atoms with Crippen LogP contribution in [0.25, 0.3) is 5.65 Å². The van der Waals surface area contributed by atoms with Crippen LogP contribution in [0.5, 0.6) is 0 Å². The Morgan fingerprint density at radius 2 is 1.55 bits per heavy atom. The van der Waals surface area contributed by atoms with Crippen LogP contribution in [0, 0.1) is 5.92 Å². The lowest BCUT2D eigenvalue weighted by molar-refractivity contribution is -0.142. The molecule has 2 aromatic heterocycles. The predicted octanol–water partition coefficient (Wildman–Crippen LogP) is 5.67. The molecular weight excluding hydrogens is 405 g/mol. The maximum Gasteiger partial charge on any atom is 0.433 e. The molecule has 0 radical (unpaired) electrons. The minimum atomic E-state index is -4.56. The van der Waals surface area contributed by atoms with Crippen molar-refractivity contribution in [1.29, 1.82) is 0 Å². The smallest absolute Gasteiger partial charge is 0.337 e. The van der Waals surface area contributed by atoms with Crippen molar-refractivity contribution >= 4 is 11.6 Å². The Balaban J connectivity index is 1.63. The van der Waals surface area contributed by atoms with Gasteiger partial charge in [-0.1, -0.05) is 57.8 Å². The first-order valence-electron chi connectivity index (χ1n) is 11.7. The molecule has 2 aliphatic rings. The molecule has 1 saturated heterocycles. The summed E-state index contributed by atoms with van der Waals surface area (Å²) in [6.45, 7) is 1.25. The highest BCUT2D eigenvalue weighted by atomic mass is 19.4. The Morgan fingerprint density at radius 1 is 0.935 bits per heavy atom. The number of nitrogens with zero attached hydrogens (tertiary/aromatic N) is 4. The lowest BCUT2D eigenvalue weighted by Gasteiger charge is -2.21.